The Morgan fingerprint density at radius 1 is 1.03 bits per heavy atom. The number of carbonyl (C=O) groups is 2. The van der Waals surface area contributed by atoms with Gasteiger partial charge in [-0.25, -0.2) is 9.18 Å². The maximum Gasteiger partial charge on any atom is 0.319 e. The number of benzene rings is 3. The zero-order valence-electron chi connectivity index (χ0n) is 16.0. The number of rotatable bonds is 4. The number of anilines is 2. The summed E-state index contributed by atoms with van der Waals surface area (Å²) in [6.07, 6.45) is 0.799. The monoisotopic (exact) mass is 423 g/mol. The Bertz CT molecular complexity index is 1100. The number of fused-ring (bicyclic) bond motifs is 1. The third kappa shape index (κ3) is 4.28. The average Bonchev–Trinajstić information content (AvgIpc) is 3.18. The quantitative estimate of drug-likeness (QED) is 0.620. The molecule has 3 aromatic rings. The van der Waals surface area contributed by atoms with Crippen LogP contribution in [-0.2, 0) is 13.0 Å². The third-order valence-corrected chi connectivity index (χ3v) is 5.23. The molecule has 7 heteroatoms. The van der Waals surface area contributed by atoms with E-state index in [0.717, 1.165) is 23.2 Å². The third-order valence-electron chi connectivity index (χ3n) is 4.94. The Kier molecular flexibility index (Phi) is 5.68. The molecule has 1 aliphatic heterocycles. The predicted octanol–water partition coefficient (Wildman–Crippen LogP) is 5.00. The Labute approximate surface area is 178 Å². The van der Waals surface area contributed by atoms with Gasteiger partial charge in [-0.05, 0) is 53.9 Å². The van der Waals surface area contributed by atoms with Gasteiger partial charge in [0, 0.05) is 30.0 Å². The van der Waals surface area contributed by atoms with Crippen molar-refractivity contribution >= 4 is 34.9 Å². The standard InChI is InChI=1S/C23H19ClFN3O2/c24-19-13-18(8-9-20(19)25)27-23(30)26-14-15-6-7-16-10-11-28(21(16)12-15)22(29)17-4-2-1-3-5-17/h1-9,12-13H,10-11,14H2,(H2,26,27,30). The first-order valence-electron chi connectivity index (χ1n) is 9.50. The predicted molar refractivity (Wildman–Crippen MR) is 116 cm³/mol. The SMILES string of the molecule is O=C(NCc1ccc2c(c1)N(C(=O)c1ccccc1)CC2)Nc1ccc(F)c(Cl)c1. The highest BCUT2D eigenvalue weighted by Crippen LogP contribution is 2.30. The second-order valence-corrected chi connectivity index (χ2v) is 7.38. The maximum absolute atomic E-state index is 13.2. The van der Waals surface area contributed by atoms with Gasteiger partial charge in [0.1, 0.15) is 5.82 Å². The van der Waals surface area contributed by atoms with Crippen LogP contribution in [0.5, 0.6) is 0 Å². The highest BCUT2D eigenvalue weighted by molar-refractivity contribution is 6.31. The van der Waals surface area contributed by atoms with Crippen molar-refractivity contribution in [2.24, 2.45) is 0 Å². The summed E-state index contributed by atoms with van der Waals surface area (Å²) < 4.78 is 13.2. The molecule has 1 heterocycles. The van der Waals surface area contributed by atoms with E-state index in [9.17, 15) is 14.0 Å². The number of nitrogens with zero attached hydrogens (tertiary/aromatic N) is 1. The molecule has 0 spiro atoms. The normalized spacial score (nSPS) is 12.4. The first kappa shape index (κ1) is 19.9. The molecular formula is C23H19ClFN3O2. The fourth-order valence-electron chi connectivity index (χ4n) is 3.41. The summed E-state index contributed by atoms with van der Waals surface area (Å²) in [6.45, 7) is 0.910. The van der Waals surface area contributed by atoms with E-state index in [-0.39, 0.29) is 17.5 Å². The molecule has 4 rings (SSSR count). The van der Waals surface area contributed by atoms with Crippen molar-refractivity contribution in [1.29, 1.82) is 0 Å². The van der Waals surface area contributed by atoms with Gasteiger partial charge in [0.2, 0.25) is 0 Å². The molecule has 1 aliphatic rings. The number of urea groups is 1. The zero-order chi connectivity index (χ0) is 21.1. The smallest absolute Gasteiger partial charge is 0.319 e. The van der Waals surface area contributed by atoms with Crippen LogP contribution in [0.1, 0.15) is 21.5 Å². The Morgan fingerprint density at radius 3 is 2.60 bits per heavy atom. The summed E-state index contributed by atoms with van der Waals surface area (Å²) >= 11 is 5.73. The molecule has 0 bridgehead atoms. The van der Waals surface area contributed by atoms with Gasteiger partial charge in [-0.1, -0.05) is 41.9 Å². The van der Waals surface area contributed by atoms with E-state index < -0.39 is 11.8 Å². The average molecular weight is 424 g/mol. The van der Waals surface area contributed by atoms with E-state index >= 15 is 0 Å². The van der Waals surface area contributed by atoms with Crippen molar-refractivity contribution in [3.63, 3.8) is 0 Å². The Hall–Kier alpha value is -3.38. The fourth-order valence-corrected chi connectivity index (χ4v) is 3.59. The summed E-state index contributed by atoms with van der Waals surface area (Å²) in [5.74, 6) is -0.583. The van der Waals surface area contributed by atoms with Crippen LogP contribution in [0.2, 0.25) is 5.02 Å². The number of amides is 3. The van der Waals surface area contributed by atoms with Gasteiger partial charge in [-0.3, -0.25) is 4.79 Å². The van der Waals surface area contributed by atoms with Gasteiger partial charge in [-0.15, -0.1) is 0 Å². The number of halogens is 2. The van der Waals surface area contributed by atoms with Crippen LogP contribution in [0.25, 0.3) is 0 Å². The van der Waals surface area contributed by atoms with E-state index in [2.05, 4.69) is 10.6 Å². The van der Waals surface area contributed by atoms with Crippen molar-refractivity contribution in [1.82, 2.24) is 5.32 Å². The Morgan fingerprint density at radius 2 is 1.83 bits per heavy atom. The summed E-state index contributed by atoms with van der Waals surface area (Å²) in [7, 11) is 0. The molecule has 5 nitrogen and oxygen atoms in total. The summed E-state index contributed by atoms with van der Waals surface area (Å²) in [6, 6.07) is 18.6. The molecule has 0 unspecified atom stereocenters. The molecule has 0 fully saturated rings. The largest absolute Gasteiger partial charge is 0.334 e. The van der Waals surface area contributed by atoms with Gasteiger partial charge >= 0.3 is 6.03 Å². The summed E-state index contributed by atoms with van der Waals surface area (Å²) in [4.78, 5) is 26.8. The Balaban J connectivity index is 1.42. The van der Waals surface area contributed by atoms with E-state index in [4.69, 9.17) is 11.6 Å². The van der Waals surface area contributed by atoms with Gasteiger partial charge in [0.15, 0.2) is 0 Å². The van der Waals surface area contributed by atoms with Gasteiger partial charge in [0.25, 0.3) is 5.91 Å². The second kappa shape index (κ2) is 8.55. The van der Waals surface area contributed by atoms with Crippen LogP contribution >= 0.6 is 11.6 Å². The molecule has 3 aromatic carbocycles. The molecule has 0 atom stereocenters. The van der Waals surface area contributed by atoms with Gasteiger partial charge in [0.05, 0.1) is 5.02 Å². The van der Waals surface area contributed by atoms with E-state index in [0.29, 0.717) is 17.8 Å². The van der Waals surface area contributed by atoms with E-state index in [1.165, 1.54) is 18.2 Å². The first-order valence-corrected chi connectivity index (χ1v) is 9.88. The van der Waals surface area contributed by atoms with Crippen LogP contribution in [0, 0.1) is 5.82 Å². The molecule has 3 amide bonds. The summed E-state index contributed by atoms with van der Waals surface area (Å²) in [5.41, 5.74) is 3.88. The maximum atomic E-state index is 13.2. The van der Waals surface area contributed by atoms with Gasteiger partial charge in [-0.2, -0.15) is 0 Å². The molecule has 152 valence electrons. The minimum absolute atomic E-state index is 0.0367. The van der Waals surface area contributed by atoms with Crippen molar-refractivity contribution in [2.75, 3.05) is 16.8 Å². The molecule has 0 aliphatic carbocycles. The number of carbonyl (C=O) groups excluding carboxylic acids is 2. The number of hydrogen-bond acceptors (Lipinski definition) is 2. The van der Waals surface area contributed by atoms with E-state index in [1.54, 1.807) is 17.0 Å². The lowest BCUT2D eigenvalue weighted by molar-refractivity contribution is 0.0989. The lowest BCUT2D eigenvalue weighted by atomic mass is 10.1. The lowest BCUT2D eigenvalue weighted by Crippen LogP contribution is -2.29. The van der Waals surface area contributed by atoms with Crippen molar-refractivity contribution in [3.05, 3.63) is 94.3 Å². The first-order chi connectivity index (χ1) is 14.5. The lowest BCUT2D eigenvalue weighted by Gasteiger charge is -2.18. The highest BCUT2D eigenvalue weighted by atomic mass is 35.5. The van der Waals surface area contributed by atoms with Crippen LogP contribution < -0.4 is 15.5 Å². The minimum atomic E-state index is -0.546. The number of hydrogen-bond donors (Lipinski definition) is 2. The zero-order valence-corrected chi connectivity index (χ0v) is 16.7. The molecule has 0 saturated heterocycles. The van der Waals surface area contributed by atoms with Crippen molar-refractivity contribution in [2.45, 2.75) is 13.0 Å². The fraction of sp³-hybridized carbons (Fsp3) is 0.130. The second-order valence-electron chi connectivity index (χ2n) is 6.97. The van der Waals surface area contributed by atoms with Crippen LogP contribution in [0.4, 0.5) is 20.6 Å². The van der Waals surface area contributed by atoms with Gasteiger partial charge < -0.3 is 15.5 Å². The van der Waals surface area contributed by atoms with Crippen molar-refractivity contribution < 1.29 is 14.0 Å². The van der Waals surface area contributed by atoms with Crippen LogP contribution in [0.3, 0.4) is 0 Å². The molecule has 30 heavy (non-hydrogen) atoms. The minimum Gasteiger partial charge on any atom is -0.334 e. The van der Waals surface area contributed by atoms with Crippen molar-refractivity contribution in [3.8, 4) is 0 Å². The molecule has 0 saturated carbocycles. The number of nitrogens with one attached hydrogen (secondary N) is 2. The van der Waals surface area contributed by atoms with Crippen LogP contribution in [0.15, 0.2) is 66.7 Å². The van der Waals surface area contributed by atoms with E-state index in [1.807, 2.05) is 36.4 Å². The molecule has 0 radical (unpaired) electrons. The molecule has 2 N–H and O–H groups in total. The molecular weight excluding hydrogens is 405 g/mol. The molecule has 0 aromatic heterocycles. The highest BCUT2D eigenvalue weighted by Gasteiger charge is 2.25. The topological polar surface area (TPSA) is 61.4 Å². The summed E-state index contributed by atoms with van der Waals surface area (Å²) in [5, 5.41) is 5.31. The van der Waals surface area contributed by atoms with Crippen LogP contribution in [-0.4, -0.2) is 18.5 Å².